The van der Waals surface area contributed by atoms with E-state index in [-0.39, 0.29) is 34.7 Å². The minimum absolute atomic E-state index is 0.00290. The van der Waals surface area contributed by atoms with E-state index in [0.29, 0.717) is 11.3 Å². The van der Waals surface area contributed by atoms with Crippen LogP contribution in [0.4, 0.5) is 10.1 Å². The Morgan fingerprint density at radius 2 is 2.24 bits per heavy atom. The maximum Gasteiger partial charge on any atom is 0.254 e. The second kappa shape index (κ2) is 7.09. The smallest absolute Gasteiger partial charge is 0.254 e. The van der Waals surface area contributed by atoms with Crippen molar-refractivity contribution >= 4 is 29.0 Å². The van der Waals surface area contributed by atoms with Gasteiger partial charge in [-0.05, 0) is 23.4 Å². The molecule has 1 aromatic carbocycles. The van der Waals surface area contributed by atoms with Gasteiger partial charge in [0, 0.05) is 11.9 Å². The standard InChI is InChI=1S/C14H11ClFN7O2/c15-9-3-8(1-2-10(9)16)21-13(17)12-11(22-25-23-12)6-18-14(24)7-4-19-20-5-7/h1-5H,6H2,(H2,17,21)(H,18,24)(H,19,20). The van der Waals surface area contributed by atoms with Gasteiger partial charge < -0.3 is 10.6 Å². The van der Waals surface area contributed by atoms with Crippen LogP contribution in [-0.2, 0) is 6.54 Å². The van der Waals surface area contributed by atoms with E-state index in [1.54, 1.807) is 0 Å². The molecule has 128 valence electrons. The van der Waals surface area contributed by atoms with Crippen molar-refractivity contribution in [3.05, 3.63) is 58.4 Å². The zero-order valence-corrected chi connectivity index (χ0v) is 13.3. The molecule has 9 nitrogen and oxygen atoms in total. The van der Waals surface area contributed by atoms with Crippen molar-refractivity contribution in [2.45, 2.75) is 6.54 Å². The first-order valence-corrected chi connectivity index (χ1v) is 7.32. The molecule has 0 spiro atoms. The molecule has 3 aromatic rings. The Hall–Kier alpha value is -3.27. The third-order valence-corrected chi connectivity index (χ3v) is 3.45. The first kappa shape index (κ1) is 16.6. The maximum atomic E-state index is 13.2. The highest BCUT2D eigenvalue weighted by atomic mass is 35.5. The minimum Gasteiger partial charge on any atom is -0.346 e. The topological polar surface area (TPSA) is 133 Å². The van der Waals surface area contributed by atoms with Crippen molar-refractivity contribution < 1.29 is 13.8 Å². The third-order valence-electron chi connectivity index (χ3n) is 3.16. The lowest BCUT2D eigenvalue weighted by molar-refractivity contribution is 0.0950. The number of aromatic nitrogens is 4. The van der Waals surface area contributed by atoms with Gasteiger partial charge in [0.2, 0.25) is 0 Å². The Balaban J connectivity index is 1.67. The Labute approximate surface area is 145 Å². The molecule has 0 aliphatic rings. The van der Waals surface area contributed by atoms with Crippen LogP contribution in [0.15, 0.2) is 35.2 Å². The number of hydrogen-bond donors (Lipinski definition) is 4. The van der Waals surface area contributed by atoms with Crippen molar-refractivity contribution in [1.82, 2.24) is 25.8 Å². The first-order valence-electron chi connectivity index (χ1n) is 6.94. The van der Waals surface area contributed by atoms with E-state index in [9.17, 15) is 9.18 Å². The van der Waals surface area contributed by atoms with Crippen LogP contribution in [0.25, 0.3) is 0 Å². The molecule has 0 radical (unpaired) electrons. The molecular weight excluding hydrogens is 353 g/mol. The number of benzene rings is 1. The van der Waals surface area contributed by atoms with E-state index in [1.807, 2.05) is 0 Å². The summed E-state index contributed by atoms with van der Waals surface area (Å²) in [7, 11) is 0. The molecule has 0 saturated heterocycles. The average molecular weight is 364 g/mol. The number of amides is 1. The maximum absolute atomic E-state index is 13.2. The molecule has 2 heterocycles. The van der Waals surface area contributed by atoms with Crippen LogP contribution in [0.1, 0.15) is 21.7 Å². The number of H-pyrrole nitrogens is 1. The number of amidine groups is 1. The van der Waals surface area contributed by atoms with Gasteiger partial charge in [-0.1, -0.05) is 16.8 Å². The van der Waals surface area contributed by atoms with E-state index < -0.39 is 5.82 Å². The van der Waals surface area contributed by atoms with Crippen molar-refractivity contribution in [2.75, 3.05) is 5.32 Å². The highest BCUT2D eigenvalue weighted by Gasteiger charge is 2.17. The van der Waals surface area contributed by atoms with Crippen molar-refractivity contribution in [2.24, 2.45) is 0 Å². The number of nitrogens with one attached hydrogen (secondary N) is 4. The average Bonchev–Trinajstić information content (AvgIpc) is 3.27. The molecule has 0 fully saturated rings. The van der Waals surface area contributed by atoms with Gasteiger partial charge in [-0.2, -0.15) is 5.10 Å². The Morgan fingerprint density at radius 3 is 2.96 bits per heavy atom. The molecule has 0 saturated carbocycles. The van der Waals surface area contributed by atoms with E-state index in [1.165, 1.54) is 30.6 Å². The van der Waals surface area contributed by atoms with Crippen LogP contribution in [0, 0.1) is 11.2 Å². The van der Waals surface area contributed by atoms with Gasteiger partial charge in [-0.25, -0.2) is 9.02 Å². The molecule has 1 amide bonds. The Kier molecular flexibility index (Phi) is 4.70. The van der Waals surface area contributed by atoms with Crippen LogP contribution < -0.4 is 10.6 Å². The second-order valence-corrected chi connectivity index (χ2v) is 5.27. The van der Waals surface area contributed by atoms with Gasteiger partial charge in [0.05, 0.1) is 23.3 Å². The third kappa shape index (κ3) is 3.80. The van der Waals surface area contributed by atoms with E-state index in [0.717, 1.165) is 0 Å². The lowest BCUT2D eigenvalue weighted by Crippen LogP contribution is -2.24. The predicted molar refractivity (Wildman–Crippen MR) is 85.9 cm³/mol. The molecule has 3 rings (SSSR count). The predicted octanol–water partition coefficient (Wildman–Crippen LogP) is 1.95. The summed E-state index contributed by atoms with van der Waals surface area (Å²) in [5, 5.41) is 26.8. The molecule has 0 unspecified atom stereocenters. The molecule has 0 bridgehead atoms. The van der Waals surface area contributed by atoms with Gasteiger partial charge in [0.1, 0.15) is 11.5 Å². The summed E-state index contributed by atoms with van der Waals surface area (Å²) >= 11 is 5.70. The van der Waals surface area contributed by atoms with Crippen molar-refractivity contribution in [3.63, 3.8) is 0 Å². The number of aromatic amines is 1. The number of halogens is 2. The number of anilines is 1. The van der Waals surface area contributed by atoms with Crippen molar-refractivity contribution in [1.29, 1.82) is 5.41 Å². The number of carbonyl (C=O) groups is 1. The zero-order valence-electron chi connectivity index (χ0n) is 12.5. The van der Waals surface area contributed by atoms with E-state index in [4.69, 9.17) is 17.0 Å². The first-order chi connectivity index (χ1) is 12.0. The van der Waals surface area contributed by atoms with Crippen LogP contribution in [0.2, 0.25) is 5.02 Å². The molecule has 2 aromatic heterocycles. The lowest BCUT2D eigenvalue weighted by atomic mass is 10.2. The highest BCUT2D eigenvalue weighted by molar-refractivity contribution is 6.31. The molecule has 0 aliphatic heterocycles. The lowest BCUT2D eigenvalue weighted by Gasteiger charge is -2.07. The van der Waals surface area contributed by atoms with Crippen LogP contribution in [-0.4, -0.2) is 32.3 Å². The fourth-order valence-electron chi connectivity index (χ4n) is 1.93. The minimum atomic E-state index is -0.565. The van der Waals surface area contributed by atoms with E-state index in [2.05, 4.69) is 35.8 Å². The zero-order chi connectivity index (χ0) is 17.8. The fourth-order valence-corrected chi connectivity index (χ4v) is 2.11. The van der Waals surface area contributed by atoms with Gasteiger partial charge in [0.25, 0.3) is 5.91 Å². The van der Waals surface area contributed by atoms with Gasteiger partial charge in [-0.15, -0.1) is 0 Å². The monoisotopic (exact) mass is 363 g/mol. The summed E-state index contributed by atoms with van der Waals surface area (Å²) in [5.41, 5.74) is 1.11. The Morgan fingerprint density at radius 1 is 1.40 bits per heavy atom. The highest BCUT2D eigenvalue weighted by Crippen LogP contribution is 2.20. The number of hydrogen-bond acceptors (Lipinski definition) is 6. The van der Waals surface area contributed by atoms with Crippen LogP contribution in [0.3, 0.4) is 0 Å². The SMILES string of the molecule is N=C(Nc1ccc(F)c(Cl)c1)c1nonc1CNC(=O)c1cn[nH]c1. The molecule has 0 atom stereocenters. The number of nitrogens with zero attached hydrogens (tertiary/aromatic N) is 3. The summed E-state index contributed by atoms with van der Waals surface area (Å²) in [6.45, 7) is -0.00290. The van der Waals surface area contributed by atoms with Gasteiger partial charge in [0.15, 0.2) is 11.5 Å². The van der Waals surface area contributed by atoms with Gasteiger partial charge in [-0.3, -0.25) is 15.3 Å². The normalized spacial score (nSPS) is 10.5. The quantitative estimate of drug-likeness (QED) is 0.404. The summed E-state index contributed by atoms with van der Waals surface area (Å²) in [6.07, 6.45) is 2.82. The van der Waals surface area contributed by atoms with Crippen LogP contribution >= 0.6 is 11.6 Å². The molecular formula is C14H11ClFN7O2. The van der Waals surface area contributed by atoms with Gasteiger partial charge >= 0.3 is 0 Å². The summed E-state index contributed by atoms with van der Waals surface area (Å²) in [5.74, 6) is -1.08. The Bertz CT molecular complexity index is 910. The fraction of sp³-hybridized carbons (Fsp3) is 0.0714. The summed E-state index contributed by atoms with van der Waals surface area (Å²) in [4.78, 5) is 11.9. The number of carbonyl (C=O) groups excluding carboxylic acids is 1. The summed E-state index contributed by atoms with van der Waals surface area (Å²) in [6, 6.07) is 3.92. The largest absolute Gasteiger partial charge is 0.346 e. The second-order valence-electron chi connectivity index (χ2n) is 4.86. The molecule has 25 heavy (non-hydrogen) atoms. The van der Waals surface area contributed by atoms with E-state index >= 15 is 0 Å². The van der Waals surface area contributed by atoms with Crippen LogP contribution in [0.5, 0.6) is 0 Å². The molecule has 11 heteroatoms. The van der Waals surface area contributed by atoms with Crippen molar-refractivity contribution in [3.8, 4) is 0 Å². The molecule has 0 aliphatic carbocycles. The number of rotatable bonds is 5. The molecule has 4 N–H and O–H groups in total. The summed E-state index contributed by atoms with van der Waals surface area (Å²) < 4.78 is 17.8.